The molecule has 0 radical (unpaired) electrons. The van der Waals surface area contributed by atoms with Gasteiger partial charge in [-0.15, -0.1) is 0 Å². The second-order valence-corrected chi connectivity index (χ2v) is 8.27. The maximum absolute atomic E-state index is 13.1. The summed E-state index contributed by atoms with van der Waals surface area (Å²) in [6.45, 7) is 6.37. The monoisotopic (exact) mass is 494 g/mol. The quantitative estimate of drug-likeness (QED) is 0.120. The first-order chi connectivity index (χ1) is 18.0. The minimum atomic E-state index is -0.368. The number of ketones is 1. The summed E-state index contributed by atoms with van der Waals surface area (Å²) in [6.07, 6.45) is 3.34. The summed E-state index contributed by atoms with van der Waals surface area (Å²) in [5.41, 5.74) is 3.20. The minimum Gasteiger partial charge on any atom is -0.490 e. The van der Waals surface area contributed by atoms with E-state index in [4.69, 9.17) is 14.2 Å². The Morgan fingerprint density at radius 2 is 1.16 bits per heavy atom. The van der Waals surface area contributed by atoms with Crippen LogP contribution in [-0.2, 0) is 0 Å². The van der Waals surface area contributed by atoms with Gasteiger partial charge >= 0.3 is 0 Å². The van der Waals surface area contributed by atoms with Gasteiger partial charge in [-0.05, 0) is 102 Å². The van der Waals surface area contributed by atoms with Crippen LogP contribution >= 0.6 is 0 Å². The summed E-state index contributed by atoms with van der Waals surface area (Å²) in [5.74, 6) is 2.36. The molecule has 0 saturated heterocycles. The predicted octanol–water partition coefficient (Wildman–Crippen LogP) is 8.01. The van der Waals surface area contributed by atoms with Crippen LogP contribution in [0.5, 0.6) is 23.0 Å². The number of halogens is 1. The lowest BCUT2D eigenvalue weighted by atomic mass is 10.0. The van der Waals surface area contributed by atoms with E-state index >= 15 is 0 Å². The molecule has 4 aromatic carbocycles. The van der Waals surface area contributed by atoms with E-state index < -0.39 is 0 Å². The lowest BCUT2D eigenvalue weighted by molar-refractivity contribution is 0.104. The van der Waals surface area contributed by atoms with Crippen molar-refractivity contribution in [2.75, 3.05) is 13.2 Å². The molecule has 0 aliphatic rings. The third-order valence-corrected chi connectivity index (χ3v) is 5.58. The molecule has 0 aromatic heterocycles. The number of allylic oxidation sites excluding steroid dienone is 2. The number of carbonyl (C=O) groups is 1. The maximum Gasteiger partial charge on any atom is 0.186 e. The second-order valence-electron chi connectivity index (χ2n) is 8.27. The molecule has 0 bridgehead atoms. The third-order valence-electron chi connectivity index (χ3n) is 5.58. The van der Waals surface area contributed by atoms with Crippen LogP contribution in [-0.4, -0.2) is 19.0 Å². The molecule has 0 saturated carbocycles. The zero-order valence-electron chi connectivity index (χ0n) is 20.5. The Balaban J connectivity index is 1.22. The molecule has 0 unspecified atom stereocenters. The van der Waals surface area contributed by atoms with Gasteiger partial charge in [0.05, 0.1) is 0 Å². The molecule has 0 aliphatic heterocycles. The van der Waals surface area contributed by atoms with Gasteiger partial charge in [0.25, 0.3) is 0 Å². The molecule has 0 spiro atoms. The Hall–Kier alpha value is -4.64. The zero-order chi connectivity index (χ0) is 26.0. The molecule has 0 aliphatic carbocycles. The van der Waals surface area contributed by atoms with Gasteiger partial charge in [0, 0.05) is 5.56 Å². The van der Waals surface area contributed by atoms with Gasteiger partial charge in [0.2, 0.25) is 0 Å². The summed E-state index contributed by atoms with van der Waals surface area (Å²) in [7, 11) is 0. The molecule has 0 fully saturated rings. The number of rotatable bonds is 11. The van der Waals surface area contributed by atoms with Crippen LogP contribution in [0.4, 0.5) is 4.39 Å². The highest BCUT2D eigenvalue weighted by Gasteiger charge is 2.05. The van der Waals surface area contributed by atoms with E-state index in [2.05, 4.69) is 6.58 Å². The van der Waals surface area contributed by atoms with Crippen LogP contribution in [0.1, 0.15) is 28.4 Å². The summed E-state index contributed by atoms with van der Waals surface area (Å²) >= 11 is 0. The average molecular weight is 495 g/mol. The SMILES string of the molecule is C=Cc1ccc(Oc2ccc(OCCOc3ccc(/C(C)=C/C(=O)c4ccc(F)cc4)cc3)cc2)cc1. The first kappa shape index (κ1) is 25.5. The van der Waals surface area contributed by atoms with Gasteiger partial charge in [0.15, 0.2) is 5.78 Å². The van der Waals surface area contributed by atoms with Crippen LogP contribution in [0.3, 0.4) is 0 Å². The van der Waals surface area contributed by atoms with E-state index in [1.165, 1.54) is 24.3 Å². The van der Waals surface area contributed by atoms with Crippen molar-refractivity contribution in [1.82, 2.24) is 0 Å². The zero-order valence-corrected chi connectivity index (χ0v) is 20.5. The van der Waals surface area contributed by atoms with E-state index in [9.17, 15) is 9.18 Å². The first-order valence-electron chi connectivity index (χ1n) is 11.8. The van der Waals surface area contributed by atoms with Crippen molar-refractivity contribution in [3.8, 4) is 23.0 Å². The molecule has 0 amide bonds. The number of hydrogen-bond acceptors (Lipinski definition) is 4. The highest BCUT2D eigenvalue weighted by molar-refractivity contribution is 6.08. The lowest BCUT2D eigenvalue weighted by Gasteiger charge is -2.10. The molecule has 0 N–H and O–H groups in total. The Morgan fingerprint density at radius 3 is 1.70 bits per heavy atom. The summed E-state index contributed by atoms with van der Waals surface area (Å²) in [4.78, 5) is 12.4. The summed E-state index contributed by atoms with van der Waals surface area (Å²) in [6, 6.07) is 28.1. The van der Waals surface area contributed by atoms with E-state index in [1.54, 1.807) is 12.2 Å². The Bertz CT molecular complexity index is 1350. The highest BCUT2D eigenvalue weighted by Crippen LogP contribution is 2.24. The Labute approximate surface area is 216 Å². The van der Waals surface area contributed by atoms with Crippen LogP contribution in [0, 0.1) is 5.82 Å². The summed E-state index contributed by atoms with van der Waals surface area (Å²) < 4.78 is 30.4. The predicted molar refractivity (Wildman–Crippen MR) is 145 cm³/mol. The number of ether oxygens (including phenoxy) is 3. The van der Waals surface area contributed by atoms with Crippen LogP contribution < -0.4 is 14.2 Å². The van der Waals surface area contributed by atoms with E-state index in [0.29, 0.717) is 24.5 Å². The third kappa shape index (κ3) is 7.42. The molecule has 4 rings (SSSR count). The standard InChI is InChI=1S/C32H27FO4/c1-3-24-4-12-30(13-5-24)37-31-18-16-29(17-19-31)36-21-20-35-28-14-8-25(9-15-28)23(2)22-32(34)26-6-10-27(33)11-7-26/h3-19,22H,1,20-21H2,2H3/b23-22+. The Morgan fingerprint density at radius 1 is 0.703 bits per heavy atom. The van der Waals surface area contributed by atoms with E-state index in [0.717, 1.165) is 33.9 Å². The van der Waals surface area contributed by atoms with Crippen molar-refractivity contribution >= 4 is 17.4 Å². The van der Waals surface area contributed by atoms with Crippen molar-refractivity contribution < 1.29 is 23.4 Å². The number of benzene rings is 4. The van der Waals surface area contributed by atoms with Gasteiger partial charge in [-0.2, -0.15) is 0 Å². The Kier molecular flexibility index (Phi) is 8.50. The molecule has 4 aromatic rings. The topological polar surface area (TPSA) is 44.8 Å². The minimum absolute atomic E-state index is 0.170. The van der Waals surface area contributed by atoms with Gasteiger partial charge in [-0.25, -0.2) is 4.39 Å². The van der Waals surface area contributed by atoms with Crippen molar-refractivity contribution in [2.45, 2.75) is 6.92 Å². The van der Waals surface area contributed by atoms with Gasteiger partial charge in [-0.3, -0.25) is 4.79 Å². The maximum atomic E-state index is 13.1. The van der Waals surface area contributed by atoms with Crippen molar-refractivity contribution in [1.29, 1.82) is 0 Å². The van der Waals surface area contributed by atoms with E-state index in [-0.39, 0.29) is 11.6 Å². The molecule has 0 atom stereocenters. The molecule has 4 nitrogen and oxygen atoms in total. The van der Waals surface area contributed by atoms with Gasteiger partial charge < -0.3 is 14.2 Å². The number of carbonyl (C=O) groups excluding carboxylic acids is 1. The largest absolute Gasteiger partial charge is 0.490 e. The van der Waals surface area contributed by atoms with Gasteiger partial charge in [0.1, 0.15) is 42.0 Å². The fourth-order valence-electron chi connectivity index (χ4n) is 3.52. The number of hydrogen-bond donors (Lipinski definition) is 0. The fraction of sp³-hybridized carbons (Fsp3) is 0.0938. The molecule has 37 heavy (non-hydrogen) atoms. The molecule has 186 valence electrons. The van der Waals surface area contributed by atoms with E-state index in [1.807, 2.05) is 79.7 Å². The van der Waals surface area contributed by atoms with Crippen LogP contribution in [0.25, 0.3) is 11.6 Å². The van der Waals surface area contributed by atoms with Crippen molar-refractivity contribution in [2.24, 2.45) is 0 Å². The first-order valence-corrected chi connectivity index (χ1v) is 11.8. The average Bonchev–Trinajstić information content (AvgIpc) is 2.93. The molecule has 5 heteroatoms. The van der Waals surface area contributed by atoms with Gasteiger partial charge in [-0.1, -0.05) is 36.9 Å². The molecular formula is C32H27FO4. The lowest BCUT2D eigenvalue weighted by Crippen LogP contribution is -2.08. The second kappa shape index (κ2) is 12.4. The molecule has 0 heterocycles. The van der Waals surface area contributed by atoms with Crippen molar-refractivity contribution in [3.63, 3.8) is 0 Å². The van der Waals surface area contributed by atoms with Crippen LogP contribution in [0.2, 0.25) is 0 Å². The fourth-order valence-corrected chi connectivity index (χ4v) is 3.52. The normalized spacial score (nSPS) is 11.0. The summed E-state index contributed by atoms with van der Waals surface area (Å²) in [5, 5.41) is 0. The van der Waals surface area contributed by atoms with Crippen LogP contribution in [0.15, 0.2) is 110 Å². The highest BCUT2D eigenvalue weighted by atomic mass is 19.1. The molecular weight excluding hydrogens is 467 g/mol. The smallest absolute Gasteiger partial charge is 0.186 e. The van der Waals surface area contributed by atoms with Crippen molar-refractivity contribution in [3.05, 3.63) is 132 Å².